The fourth-order valence-electron chi connectivity index (χ4n) is 2.65. The Bertz CT molecular complexity index is 580. The lowest BCUT2D eigenvalue weighted by atomic mass is 9.95. The standard InChI is InChI=1S/C16H16F2N2O/c17-13-8-14(18)20-15(9-13)21-16(12-6-7-19-10-12)11-4-2-1-3-5-11/h1-5,8-9,12,16,19H,6-7,10H2/t12-,16-/m1/s1. The topological polar surface area (TPSA) is 34.1 Å². The first-order chi connectivity index (χ1) is 10.2. The summed E-state index contributed by atoms with van der Waals surface area (Å²) >= 11 is 0. The van der Waals surface area contributed by atoms with Crippen molar-refractivity contribution in [1.82, 2.24) is 10.3 Å². The Morgan fingerprint density at radius 3 is 2.67 bits per heavy atom. The Morgan fingerprint density at radius 2 is 2.00 bits per heavy atom. The fraction of sp³-hybridized carbons (Fsp3) is 0.312. The molecule has 0 bridgehead atoms. The number of ether oxygens (including phenoxy) is 1. The molecule has 1 aliphatic heterocycles. The molecule has 0 radical (unpaired) electrons. The normalized spacial score (nSPS) is 19.4. The molecule has 1 saturated heterocycles. The maximum Gasteiger partial charge on any atom is 0.219 e. The van der Waals surface area contributed by atoms with Crippen molar-refractivity contribution in [3.63, 3.8) is 0 Å². The van der Waals surface area contributed by atoms with Gasteiger partial charge in [-0.1, -0.05) is 30.3 Å². The van der Waals surface area contributed by atoms with Crippen LogP contribution in [0.3, 0.4) is 0 Å². The van der Waals surface area contributed by atoms with Gasteiger partial charge in [0.25, 0.3) is 0 Å². The Hall–Kier alpha value is -2.01. The lowest BCUT2D eigenvalue weighted by molar-refractivity contribution is 0.136. The van der Waals surface area contributed by atoms with E-state index >= 15 is 0 Å². The summed E-state index contributed by atoms with van der Waals surface area (Å²) in [6, 6.07) is 11.5. The van der Waals surface area contributed by atoms with Crippen molar-refractivity contribution in [2.45, 2.75) is 12.5 Å². The van der Waals surface area contributed by atoms with Gasteiger partial charge in [0.1, 0.15) is 11.9 Å². The highest BCUT2D eigenvalue weighted by molar-refractivity contribution is 5.21. The van der Waals surface area contributed by atoms with E-state index in [-0.39, 0.29) is 17.9 Å². The second kappa shape index (κ2) is 6.18. The predicted molar refractivity (Wildman–Crippen MR) is 74.9 cm³/mol. The maximum absolute atomic E-state index is 13.3. The van der Waals surface area contributed by atoms with Crippen LogP contribution in [-0.2, 0) is 0 Å². The van der Waals surface area contributed by atoms with Gasteiger partial charge in [-0.2, -0.15) is 9.37 Å². The Morgan fingerprint density at radius 1 is 1.19 bits per heavy atom. The van der Waals surface area contributed by atoms with Gasteiger partial charge in [0, 0.05) is 24.6 Å². The highest BCUT2D eigenvalue weighted by Crippen LogP contribution is 2.31. The van der Waals surface area contributed by atoms with E-state index < -0.39 is 11.8 Å². The molecule has 110 valence electrons. The monoisotopic (exact) mass is 290 g/mol. The molecular weight excluding hydrogens is 274 g/mol. The number of aromatic nitrogens is 1. The van der Waals surface area contributed by atoms with Crippen molar-refractivity contribution in [1.29, 1.82) is 0 Å². The maximum atomic E-state index is 13.3. The summed E-state index contributed by atoms with van der Waals surface area (Å²) in [6.45, 7) is 1.74. The van der Waals surface area contributed by atoms with Gasteiger partial charge >= 0.3 is 0 Å². The minimum Gasteiger partial charge on any atom is -0.469 e. The van der Waals surface area contributed by atoms with Crippen LogP contribution < -0.4 is 10.1 Å². The zero-order valence-electron chi connectivity index (χ0n) is 11.4. The van der Waals surface area contributed by atoms with Crippen molar-refractivity contribution in [2.75, 3.05) is 13.1 Å². The molecule has 1 fully saturated rings. The second-order valence-corrected chi connectivity index (χ2v) is 5.15. The number of hydrogen-bond acceptors (Lipinski definition) is 3. The molecule has 0 unspecified atom stereocenters. The third kappa shape index (κ3) is 3.36. The lowest BCUT2D eigenvalue weighted by Gasteiger charge is -2.24. The first kappa shape index (κ1) is 13.9. The molecule has 1 N–H and O–H groups in total. The molecule has 5 heteroatoms. The number of hydrogen-bond donors (Lipinski definition) is 1. The molecule has 21 heavy (non-hydrogen) atoms. The zero-order chi connectivity index (χ0) is 14.7. The van der Waals surface area contributed by atoms with Crippen LogP contribution in [0.15, 0.2) is 42.5 Å². The van der Waals surface area contributed by atoms with Crippen molar-refractivity contribution in [2.24, 2.45) is 5.92 Å². The molecule has 1 aromatic heterocycles. The van der Waals surface area contributed by atoms with Gasteiger partial charge in [-0.3, -0.25) is 0 Å². The van der Waals surface area contributed by atoms with Crippen molar-refractivity contribution >= 4 is 0 Å². The van der Waals surface area contributed by atoms with Crippen LogP contribution in [0.5, 0.6) is 5.88 Å². The van der Waals surface area contributed by atoms with E-state index in [1.807, 2.05) is 30.3 Å². The molecule has 3 nitrogen and oxygen atoms in total. The smallest absolute Gasteiger partial charge is 0.219 e. The summed E-state index contributed by atoms with van der Waals surface area (Å²) < 4.78 is 32.3. The third-order valence-electron chi connectivity index (χ3n) is 3.64. The van der Waals surface area contributed by atoms with E-state index in [0.717, 1.165) is 37.2 Å². The Labute approximate surface area is 122 Å². The summed E-state index contributed by atoms with van der Waals surface area (Å²) in [5.41, 5.74) is 0.984. The summed E-state index contributed by atoms with van der Waals surface area (Å²) in [5, 5.41) is 3.28. The van der Waals surface area contributed by atoms with E-state index in [1.54, 1.807) is 0 Å². The minimum atomic E-state index is -0.874. The first-order valence-corrected chi connectivity index (χ1v) is 6.98. The fourth-order valence-corrected chi connectivity index (χ4v) is 2.65. The molecule has 1 aliphatic rings. The second-order valence-electron chi connectivity index (χ2n) is 5.15. The van der Waals surface area contributed by atoms with Gasteiger partial charge in [-0.05, 0) is 18.5 Å². The number of rotatable bonds is 4. The predicted octanol–water partition coefficient (Wildman–Crippen LogP) is 3.09. The van der Waals surface area contributed by atoms with Crippen LogP contribution in [-0.4, -0.2) is 18.1 Å². The van der Waals surface area contributed by atoms with Crippen LogP contribution >= 0.6 is 0 Å². The van der Waals surface area contributed by atoms with Gasteiger partial charge < -0.3 is 10.1 Å². The van der Waals surface area contributed by atoms with E-state index in [4.69, 9.17) is 4.74 Å². The lowest BCUT2D eigenvalue weighted by Crippen LogP contribution is -2.22. The largest absolute Gasteiger partial charge is 0.469 e. The van der Waals surface area contributed by atoms with Gasteiger partial charge in [-0.25, -0.2) is 4.39 Å². The van der Waals surface area contributed by atoms with Gasteiger partial charge in [0.05, 0.1) is 0 Å². The number of nitrogens with one attached hydrogen (secondary N) is 1. The Balaban J connectivity index is 1.88. The SMILES string of the molecule is Fc1cc(F)nc(O[C@H](c2ccccc2)[C@@H]2CCNC2)c1. The quantitative estimate of drug-likeness (QED) is 0.879. The van der Waals surface area contributed by atoms with E-state index in [2.05, 4.69) is 10.3 Å². The van der Waals surface area contributed by atoms with Gasteiger partial charge in [0.15, 0.2) is 0 Å². The van der Waals surface area contributed by atoms with Crippen LogP contribution in [0.4, 0.5) is 8.78 Å². The number of pyridine rings is 1. The highest BCUT2D eigenvalue weighted by atomic mass is 19.1. The minimum absolute atomic E-state index is 0.0201. The molecule has 2 aromatic rings. The number of benzene rings is 1. The van der Waals surface area contributed by atoms with Crippen LogP contribution in [0.1, 0.15) is 18.1 Å². The van der Waals surface area contributed by atoms with Crippen LogP contribution in [0.2, 0.25) is 0 Å². The summed E-state index contributed by atoms with van der Waals surface area (Å²) in [5.74, 6) is -1.33. The molecule has 2 heterocycles. The van der Waals surface area contributed by atoms with E-state index in [9.17, 15) is 8.78 Å². The zero-order valence-corrected chi connectivity index (χ0v) is 11.4. The van der Waals surface area contributed by atoms with Crippen LogP contribution in [0, 0.1) is 17.7 Å². The number of halogens is 2. The molecule has 2 atom stereocenters. The number of nitrogens with zero attached hydrogens (tertiary/aromatic N) is 1. The molecule has 0 spiro atoms. The van der Waals surface area contributed by atoms with Gasteiger partial charge in [0.2, 0.25) is 11.8 Å². The van der Waals surface area contributed by atoms with Gasteiger partial charge in [-0.15, -0.1) is 0 Å². The third-order valence-corrected chi connectivity index (χ3v) is 3.64. The van der Waals surface area contributed by atoms with Crippen molar-refractivity contribution in [3.8, 4) is 5.88 Å². The summed E-state index contributed by atoms with van der Waals surface area (Å²) in [6.07, 6.45) is 0.687. The molecule has 0 saturated carbocycles. The molecule has 1 aromatic carbocycles. The molecule has 0 amide bonds. The summed E-state index contributed by atoms with van der Waals surface area (Å²) in [7, 11) is 0. The Kier molecular flexibility index (Phi) is 4.10. The van der Waals surface area contributed by atoms with Crippen molar-refractivity contribution in [3.05, 3.63) is 59.8 Å². The average molecular weight is 290 g/mol. The molecular formula is C16H16F2N2O. The van der Waals surface area contributed by atoms with Crippen molar-refractivity contribution < 1.29 is 13.5 Å². The molecule has 3 rings (SSSR count). The highest BCUT2D eigenvalue weighted by Gasteiger charge is 2.28. The van der Waals surface area contributed by atoms with E-state index in [0.29, 0.717) is 0 Å². The van der Waals surface area contributed by atoms with E-state index in [1.165, 1.54) is 0 Å². The first-order valence-electron chi connectivity index (χ1n) is 6.98. The summed E-state index contributed by atoms with van der Waals surface area (Å²) in [4.78, 5) is 3.62. The molecule has 0 aliphatic carbocycles. The van der Waals surface area contributed by atoms with Crippen LogP contribution in [0.25, 0.3) is 0 Å². The average Bonchev–Trinajstić information content (AvgIpc) is 2.98.